The molecule has 0 atom stereocenters. The Hall–Kier alpha value is -0.360. The summed E-state index contributed by atoms with van der Waals surface area (Å²) >= 11 is 8.06. The number of H-pyrrole nitrogens is 1. The number of hydrogen-bond donors (Lipinski definition) is 1. The van der Waals surface area contributed by atoms with Crippen LogP contribution in [-0.2, 0) is 0 Å². The zero-order valence-electron chi connectivity index (χ0n) is 6.23. The highest BCUT2D eigenvalue weighted by molar-refractivity contribution is 14.1. The molecule has 0 aliphatic rings. The van der Waals surface area contributed by atoms with Gasteiger partial charge in [-0.3, -0.25) is 5.10 Å². The summed E-state index contributed by atoms with van der Waals surface area (Å²) in [6.45, 7) is 1.94. The van der Waals surface area contributed by atoms with Crippen molar-refractivity contribution in [1.29, 1.82) is 0 Å². The lowest BCUT2D eigenvalue weighted by Crippen LogP contribution is -1.84. The van der Waals surface area contributed by atoms with Crippen molar-refractivity contribution >= 4 is 45.2 Å². The fraction of sp³-hybridized carbons (Fsp3) is 0.143. The molecule has 5 heteroatoms. The Balaban J connectivity index is 2.93. The minimum atomic E-state index is 0.488. The Kier molecular flexibility index (Phi) is 1.96. The topological polar surface area (TPSA) is 41.6 Å². The highest BCUT2D eigenvalue weighted by Gasteiger charge is 2.08. The molecule has 2 aromatic heterocycles. The first-order valence-corrected chi connectivity index (χ1v) is 4.81. The number of nitrogens with one attached hydrogen (secondary N) is 1. The van der Waals surface area contributed by atoms with E-state index in [0.29, 0.717) is 5.15 Å². The third-order valence-corrected chi connectivity index (χ3v) is 2.69. The molecule has 0 fully saturated rings. The van der Waals surface area contributed by atoms with E-state index in [-0.39, 0.29) is 0 Å². The van der Waals surface area contributed by atoms with Crippen LogP contribution >= 0.6 is 34.2 Å². The third kappa shape index (κ3) is 1.19. The van der Waals surface area contributed by atoms with Crippen molar-refractivity contribution in [3.8, 4) is 0 Å². The van der Waals surface area contributed by atoms with Gasteiger partial charge < -0.3 is 0 Å². The van der Waals surface area contributed by atoms with E-state index in [0.717, 1.165) is 20.3 Å². The van der Waals surface area contributed by atoms with Crippen LogP contribution in [0.1, 0.15) is 5.69 Å². The molecule has 0 bridgehead atoms. The molecule has 2 rings (SSSR count). The van der Waals surface area contributed by atoms with Gasteiger partial charge in [0.15, 0.2) is 10.8 Å². The minimum Gasteiger partial charge on any atom is -0.259 e. The lowest BCUT2D eigenvalue weighted by Gasteiger charge is -1.95. The fourth-order valence-electron chi connectivity index (χ4n) is 1.07. The van der Waals surface area contributed by atoms with E-state index in [1.54, 1.807) is 0 Å². The number of rotatable bonds is 0. The van der Waals surface area contributed by atoms with Crippen LogP contribution in [0.5, 0.6) is 0 Å². The molecule has 3 nitrogen and oxygen atoms in total. The zero-order valence-corrected chi connectivity index (χ0v) is 9.14. The van der Waals surface area contributed by atoms with E-state index < -0.39 is 0 Å². The van der Waals surface area contributed by atoms with Crippen LogP contribution in [0.25, 0.3) is 11.0 Å². The van der Waals surface area contributed by atoms with Crippen LogP contribution in [-0.4, -0.2) is 15.2 Å². The lowest BCUT2D eigenvalue weighted by atomic mass is 10.3. The quantitative estimate of drug-likeness (QED) is 0.758. The average molecular weight is 293 g/mol. The zero-order chi connectivity index (χ0) is 8.72. The second kappa shape index (κ2) is 2.85. The van der Waals surface area contributed by atoms with Gasteiger partial charge in [0.25, 0.3) is 0 Å². The van der Waals surface area contributed by atoms with Crippen molar-refractivity contribution in [1.82, 2.24) is 15.2 Å². The van der Waals surface area contributed by atoms with Crippen LogP contribution < -0.4 is 0 Å². The Morgan fingerprint density at radius 2 is 2.33 bits per heavy atom. The molecule has 0 spiro atoms. The van der Waals surface area contributed by atoms with Crippen LogP contribution in [0.2, 0.25) is 5.15 Å². The molecular weight excluding hydrogens is 288 g/mol. The normalized spacial score (nSPS) is 10.9. The number of nitrogens with zero attached hydrogens (tertiary/aromatic N) is 2. The minimum absolute atomic E-state index is 0.488. The van der Waals surface area contributed by atoms with E-state index in [4.69, 9.17) is 11.6 Å². The Morgan fingerprint density at radius 1 is 1.58 bits per heavy atom. The molecule has 0 saturated heterocycles. The highest BCUT2D eigenvalue weighted by Crippen LogP contribution is 2.24. The number of aromatic nitrogens is 3. The lowest BCUT2D eigenvalue weighted by molar-refractivity contribution is 1.09. The summed E-state index contributed by atoms with van der Waals surface area (Å²) in [5, 5.41) is 8.04. The fourth-order valence-corrected chi connectivity index (χ4v) is 2.42. The molecule has 0 aliphatic heterocycles. The van der Waals surface area contributed by atoms with Gasteiger partial charge in [-0.15, -0.1) is 0 Å². The maximum absolute atomic E-state index is 5.84. The Morgan fingerprint density at radius 3 is 3.08 bits per heavy atom. The highest BCUT2D eigenvalue weighted by atomic mass is 127. The summed E-state index contributed by atoms with van der Waals surface area (Å²) in [7, 11) is 0. The first-order chi connectivity index (χ1) is 5.68. The van der Waals surface area contributed by atoms with Gasteiger partial charge in [0.05, 0.1) is 5.39 Å². The van der Waals surface area contributed by atoms with Crippen LogP contribution in [0.15, 0.2) is 6.07 Å². The predicted octanol–water partition coefficient (Wildman–Crippen LogP) is 2.52. The monoisotopic (exact) mass is 293 g/mol. The van der Waals surface area contributed by atoms with Gasteiger partial charge in [-0.05, 0) is 35.6 Å². The van der Waals surface area contributed by atoms with E-state index >= 15 is 0 Å². The van der Waals surface area contributed by atoms with Gasteiger partial charge >= 0.3 is 0 Å². The van der Waals surface area contributed by atoms with Gasteiger partial charge in [-0.1, -0.05) is 11.6 Å². The summed E-state index contributed by atoms with van der Waals surface area (Å²) in [5.41, 5.74) is 1.72. The molecular formula is C7H5ClIN3. The first kappa shape index (κ1) is 8.25. The van der Waals surface area contributed by atoms with Gasteiger partial charge in [0, 0.05) is 9.26 Å². The second-order valence-electron chi connectivity index (χ2n) is 2.48. The first-order valence-electron chi connectivity index (χ1n) is 3.35. The molecule has 2 aromatic rings. The molecule has 0 amide bonds. The van der Waals surface area contributed by atoms with Crippen molar-refractivity contribution in [3.05, 3.63) is 20.5 Å². The van der Waals surface area contributed by atoms with E-state index in [1.807, 2.05) is 13.0 Å². The molecule has 0 saturated carbocycles. The van der Waals surface area contributed by atoms with Gasteiger partial charge in [0.1, 0.15) is 0 Å². The summed E-state index contributed by atoms with van der Waals surface area (Å²) in [4.78, 5) is 4.25. The Labute approximate surface area is 87.7 Å². The SMILES string of the molecule is Cc1cc(I)c2c(Cl)n[nH]c2n1. The third-order valence-electron chi connectivity index (χ3n) is 1.57. The second-order valence-corrected chi connectivity index (χ2v) is 4.00. The van der Waals surface area contributed by atoms with Crippen molar-refractivity contribution in [2.24, 2.45) is 0 Å². The van der Waals surface area contributed by atoms with Crippen LogP contribution in [0.4, 0.5) is 0 Å². The number of aryl methyl sites for hydroxylation is 1. The molecule has 0 radical (unpaired) electrons. The van der Waals surface area contributed by atoms with Crippen molar-refractivity contribution in [3.63, 3.8) is 0 Å². The molecule has 0 aromatic carbocycles. The number of halogens is 2. The molecule has 0 aliphatic carbocycles. The van der Waals surface area contributed by atoms with Gasteiger partial charge in [-0.25, -0.2) is 4.98 Å². The molecule has 62 valence electrons. The van der Waals surface area contributed by atoms with Gasteiger partial charge in [0.2, 0.25) is 0 Å². The molecule has 1 N–H and O–H groups in total. The summed E-state index contributed by atoms with van der Waals surface area (Å²) in [6, 6.07) is 1.98. The Bertz CT molecular complexity index is 437. The van der Waals surface area contributed by atoms with Crippen LogP contribution in [0, 0.1) is 10.5 Å². The van der Waals surface area contributed by atoms with Crippen molar-refractivity contribution < 1.29 is 0 Å². The van der Waals surface area contributed by atoms with Crippen LogP contribution in [0.3, 0.4) is 0 Å². The summed E-state index contributed by atoms with van der Waals surface area (Å²) in [6.07, 6.45) is 0. The number of fused-ring (bicyclic) bond motifs is 1. The summed E-state index contributed by atoms with van der Waals surface area (Å²) in [5.74, 6) is 0. The molecule has 12 heavy (non-hydrogen) atoms. The number of hydrogen-bond acceptors (Lipinski definition) is 2. The maximum atomic E-state index is 5.84. The largest absolute Gasteiger partial charge is 0.259 e. The predicted molar refractivity (Wildman–Crippen MR) is 56.4 cm³/mol. The standard InChI is InChI=1S/C7H5ClIN3/c1-3-2-4(9)5-6(8)11-12-7(5)10-3/h2H,1H3,(H,10,11,12). The van der Waals surface area contributed by atoms with E-state index in [1.165, 1.54) is 0 Å². The number of aromatic amines is 1. The molecule has 2 heterocycles. The van der Waals surface area contributed by atoms with Crippen molar-refractivity contribution in [2.75, 3.05) is 0 Å². The van der Waals surface area contributed by atoms with E-state index in [2.05, 4.69) is 37.8 Å². The summed E-state index contributed by atoms with van der Waals surface area (Å²) < 4.78 is 1.08. The smallest absolute Gasteiger partial charge is 0.161 e. The van der Waals surface area contributed by atoms with Crippen molar-refractivity contribution in [2.45, 2.75) is 6.92 Å². The molecule has 0 unspecified atom stereocenters. The average Bonchev–Trinajstić information content (AvgIpc) is 2.31. The van der Waals surface area contributed by atoms with E-state index in [9.17, 15) is 0 Å². The maximum Gasteiger partial charge on any atom is 0.161 e. The number of pyridine rings is 1. The van der Waals surface area contributed by atoms with Gasteiger partial charge in [-0.2, -0.15) is 5.10 Å².